The zero-order valence-electron chi connectivity index (χ0n) is 13.5. The van der Waals surface area contributed by atoms with E-state index in [1.54, 1.807) is 14.0 Å². The highest BCUT2D eigenvalue weighted by atomic mass is 35.5. The van der Waals surface area contributed by atoms with Gasteiger partial charge in [-0.2, -0.15) is 0 Å². The van der Waals surface area contributed by atoms with Gasteiger partial charge in [0.15, 0.2) is 5.69 Å². The topological polar surface area (TPSA) is 81.1 Å². The van der Waals surface area contributed by atoms with E-state index in [4.69, 9.17) is 16.3 Å². The standard InChI is InChI=1S/C15H19ClFN5O2/c1-10-14(15(23)19-6-5-18-7-8-24-2)20-21-22(10)11-3-4-13(17)12(16)9-11/h3-4,9,18H,5-8H2,1-2H3,(H,19,23). The van der Waals surface area contributed by atoms with E-state index in [9.17, 15) is 9.18 Å². The van der Waals surface area contributed by atoms with Crippen LogP contribution in [-0.4, -0.2) is 54.3 Å². The van der Waals surface area contributed by atoms with Crippen molar-refractivity contribution in [3.8, 4) is 5.69 Å². The molecule has 9 heteroatoms. The number of benzene rings is 1. The van der Waals surface area contributed by atoms with Crippen molar-refractivity contribution in [3.05, 3.63) is 40.4 Å². The van der Waals surface area contributed by atoms with Crippen LogP contribution in [0.2, 0.25) is 5.02 Å². The molecule has 0 fully saturated rings. The molecule has 0 unspecified atom stereocenters. The van der Waals surface area contributed by atoms with Gasteiger partial charge in [0, 0.05) is 26.7 Å². The summed E-state index contributed by atoms with van der Waals surface area (Å²) >= 11 is 5.77. The average molecular weight is 356 g/mol. The molecule has 0 saturated heterocycles. The number of nitrogens with zero attached hydrogens (tertiary/aromatic N) is 3. The lowest BCUT2D eigenvalue weighted by molar-refractivity contribution is 0.0948. The Bertz CT molecular complexity index is 707. The van der Waals surface area contributed by atoms with E-state index in [0.29, 0.717) is 37.6 Å². The molecule has 0 aliphatic carbocycles. The summed E-state index contributed by atoms with van der Waals surface area (Å²) in [6.07, 6.45) is 0. The van der Waals surface area contributed by atoms with Crippen molar-refractivity contribution in [1.82, 2.24) is 25.6 Å². The SMILES string of the molecule is COCCNCCNC(=O)c1nnn(-c2ccc(F)c(Cl)c2)c1C. The van der Waals surface area contributed by atoms with Crippen LogP contribution in [-0.2, 0) is 4.74 Å². The molecule has 0 spiro atoms. The fourth-order valence-electron chi connectivity index (χ4n) is 2.05. The zero-order valence-corrected chi connectivity index (χ0v) is 14.2. The number of aromatic nitrogens is 3. The Balaban J connectivity index is 1.98. The third-order valence-electron chi connectivity index (χ3n) is 3.33. The minimum absolute atomic E-state index is 0.0180. The molecule has 0 bridgehead atoms. The van der Waals surface area contributed by atoms with E-state index in [2.05, 4.69) is 20.9 Å². The van der Waals surface area contributed by atoms with E-state index >= 15 is 0 Å². The van der Waals surface area contributed by atoms with Crippen LogP contribution in [0.4, 0.5) is 4.39 Å². The van der Waals surface area contributed by atoms with E-state index < -0.39 is 5.82 Å². The van der Waals surface area contributed by atoms with Gasteiger partial charge >= 0.3 is 0 Å². The molecule has 0 aliphatic heterocycles. The highest BCUT2D eigenvalue weighted by molar-refractivity contribution is 6.30. The molecule has 1 amide bonds. The number of nitrogens with one attached hydrogen (secondary N) is 2. The molecule has 24 heavy (non-hydrogen) atoms. The number of halogens is 2. The zero-order chi connectivity index (χ0) is 17.5. The number of ether oxygens (including phenoxy) is 1. The van der Waals surface area contributed by atoms with Gasteiger partial charge in [0.05, 0.1) is 23.0 Å². The lowest BCUT2D eigenvalue weighted by atomic mass is 10.2. The summed E-state index contributed by atoms with van der Waals surface area (Å²) in [6, 6.07) is 4.19. The van der Waals surface area contributed by atoms with Crippen molar-refractivity contribution in [2.75, 3.05) is 33.4 Å². The molecule has 0 radical (unpaired) electrons. The first-order valence-electron chi connectivity index (χ1n) is 7.40. The van der Waals surface area contributed by atoms with Crippen LogP contribution in [0.5, 0.6) is 0 Å². The van der Waals surface area contributed by atoms with Crippen molar-refractivity contribution < 1.29 is 13.9 Å². The second-order valence-electron chi connectivity index (χ2n) is 5.03. The number of carbonyl (C=O) groups excluding carboxylic acids is 1. The molecule has 1 aromatic heterocycles. The smallest absolute Gasteiger partial charge is 0.273 e. The van der Waals surface area contributed by atoms with Crippen LogP contribution < -0.4 is 10.6 Å². The first kappa shape index (κ1) is 18.3. The predicted octanol–water partition coefficient (Wildman–Crippen LogP) is 1.33. The highest BCUT2D eigenvalue weighted by Crippen LogP contribution is 2.20. The molecule has 0 saturated carbocycles. The summed E-state index contributed by atoms with van der Waals surface area (Å²) in [5, 5.41) is 13.7. The Hall–Kier alpha value is -2.03. The van der Waals surface area contributed by atoms with Gasteiger partial charge in [0.1, 0.15) is 5.82 Å². The number of hydrogen-bond donors (Lipinski definition) is 2. The van der Waals surface area contributed by atoms with Gasteiger partial charge in [-0.1, -0.05) is 16.8 Å². The predicted molar refractivity (Wildman–Crippen MR) is 88.1 cm³/mol. The largest absolute Gasteiger partial charge is 0.383 e. The molecule has 0 aliphatic rings. The van der Waals surface area contributed by atoms with E-state index in [0.717, 1.165) is 0 Å². The fraction of sp³-hybridized carbons (Fsp3) is 0.400. The Kier molecular flexibility index (Phi) is 6.65. The number of methoxy groups -OCH3 is 1. The fourth-order valence-corrected chi connectivity index (χ4v) is 2.22. The second-order valence-corrected chi connectivity index (χ2v) is 5.44. The minimum Gasteiger partial charge on any atom is -0.383 e. The van der Waals surface area contributed by atoms with Gasteiger partial charge < -0.3 is 15.4 Å². The van der Waals surface area contributed by atoms with Gasteiger partial charge in [-0.25, -0.2) is 9.07 Å². The van der Waals surface area contributed by atoms with Crippen molar-refractivity contribution in [1.29, 1.82) is 0 Å². The van der Waals surface area contributed by atoms with Crippen LogP contribution in [0.1, 0.15) is 16.2 Å². The molecule has 2 aromatic rings. The molecule has 7 nitrogen and oxygen atoms in total. The van der Waals surface area contributed by atoms with Crippen LogP contribution in [0.3, 0.4) is 0 Å². The maximum Gasteiger partial charge on any atom is 0.273 e. The molecule has 0 atom stereocenters. The first-order chi connectivity index (χ1) is 11.5. The summed E-state index contributed by atoms with van der Waals surface area (Å²) in [5.41, 5.74) is 1.29. The van der Waals surface area contributed by atoms with E-state index in [-0.39, 0.29) is 16.6 Å². The molecule has 1 aromatic carbocycles. The summed E-state index contributed by atoms with van der Waals surface area (Å²) in [7, 11) is 1.63. The molecular formula is C15H19ClFN5O2. The molecule has 2 rings (SSSR count). The Morgan fingerprint density at radius 3 is 2.88 bits per heavy atom. The molecule has 1 heterocycles. The van der Waals surface area contributed by atoms with Crippen LogP contribution in [0, 0.1) is 12.7 Å². The number of rotatable bonds is 8. The monoisotopic (exact) mass is 355 g/mol. The van der Waals surface area contributed by atoms with Gasteiger partial charge in [0.25, 0.3) is 5.91 Å². The Labute approximate surface area is 144 Å². The summed E-state index contributed by atoms with van der Waals surface area (Å²) in [6.45, 7) is 4.12. The third-order valence-corrected chi connectivity index (χ3v) is 3.62. The number of hydrogen-bond acceptors (Lipinski definition) is 5. The van der Waals surface area contributed by atoms with Gasteiger partial charge in [-0.15, -0.1) is 5.10 Å². The Morgan fingerprint density at radius 1 is 1.38 bits per heavy atom. The van der Waals surface area contributed by atoms with E-state index in [1.165, 1.54) is 22.9 Å². The van der Waals surface area contributed by atoms with Gasteiger partial charge in [-0.3, -0.25) is 4.79 Å². The van der Waals surface area contributed by atoms with Crippen LogP contribution in [0.15, 0.2) is 18.2 Å². The van der Waals surface area contributed by atoms with Crippen molar-refractivity contribution >= 4 is 17.5 Å². The maximum absolute atomic E-state index is 13.2. The van der Waals surface area contributed by atoms with Gasteiger partial charge in [0.2, 0.25) is 0 Å². The minimum atomic E-state index is -0.517. The third kappa shape index (κ3) is 4.50. The average Bonchev–Trinajstić information content (AvgIpc) is 2.95. The number of carbonyl (C=O) groups is 1. The second kappa shape index (κ2) is 8.72. The summed E-state index contributed by atoms with van der Waals surface area (Å²) in [4.78, 5) is 12.2. The number of amides is 1. The summed E-state index contributed by atoms with van der Waals surface area (Å²) < 4.78 is 19.6. The molecular weight excluding hydrogens is 337 g/mol. The van der Waals surface area contributed by atoms with Crippen molar-refractivity contribution in [2.24, 2.45) is 0 Å². The lowest BCUT2D eigenvalue weighted by Crippen LogP contribution is -2.33. The lowest BCUT2D eigenvalue weighted by Gasteiger charge is -2.06. The van der Waals surface area contributed by atoms with Gasteiger partial charge in [-0.05, 0) is 25.1 Å². The van der Waals surface area contributed by atoms with Crippen LogP contribution >= 0.6 is 11.6 Å². The quantitative estimate of drug-likeness (QED) is 0.698. The maximum atomic E-state index is 13.2. The highest BCUT2D eigenvalue weighted by Gasteiger charge is 2.17. The summed E-state index contributed by atoms with van der Waals surface area (Å²) in [5.74, 6) is -0.836. The van der Waals surface area contributed by atoms with Crippen LogP contribution in [0.25, 0.3) is 5.69 Å². The normalized spacial score (nSPS) is 10.8. The molecule has 2 N–H and O–H groups in total. The van der Waals surface area contributed by atoms with Crippen molar-refractivity contribution in [2.45, 2.75) is 6.92 Å². The Morgan fingerprint density at radius 2 is 2.17 bits per heavy atom. The van der Waals surface area contributed by atoms with E-state index in [1.807, 2.05) is 0 Å². The molecule has 130 valence electrons. The first-order valence-corrected chi connectivity index (χ1v) is 7.78. The van der Waals surface area contributed by atoms with Crippen molar-refractivity contribution in [3.63, 3.8) is 0 Å².